The van der Waals surface area contributed by atoms with Gasteiger partial charge in [-0.25, -0.2) is 0 Å². The standard InChI is InChI=1S/C17H17NO3/c19-10-13-1-3-14-8-18(9-15(14)5-13)7-12-2-4-16-17(6-12)21-11-20-16/h1-6,19H,7-11H2. The van der Waals surface area contributed by atoms with E-state index in [0.717, 1.165) is 36.7 Å². The lowest BCUT2D eigenvalue weighted by Gasteiger charge is -2.15. The summed E-state index contributed by atoms with van der Waals surface area (Å²) in [5, 5.41) is 9.22. The highest BCUT2D eigenvalue weighted by Gasteiger charge is 2.20. The van der Waals surface area contributed by atoms with Gasteiger partial charge in [0.25, 0.3) is 0 Å². The van der Waals surface area contributed by atoms with Gasteiger partial charge in [0.1, 0.15) is 0 Å². The van der Waals surface area contributed by atoms with Crippen LogP contribution in [0.15, 0.2) is 36.4 Å². The van der Waals surface area contributed by atoms with Crippen LogP contribution in [0.4, 0.5) is 0 Å². The Balaban J connectivity index is 1.49. The molecule has 108 valence electrons. The maximum atomic E-state index is 9.22. The van der Waals surface area contributed by atoms with Crippen LogP contribution >= 0.6 is 0 Å². The minimum atomic E-state index is 0.107. The van der Waals surface area contributed by atoms with Crippen LogP contribution in [0, 0.1) is 0 Å². The van der Waals surface area contributed by atoms with E-state index in [1.807, 2.05) is 12.1 Å². The molecule has 0 aromatic heterocycles. The van der Waals surface area contributed by atoms with Crippen LogP contribution < -0.4 is 9.47 Å². The molecule has 4 nitrogen and oxygen atoms in total. The van der Waals surface area contributed by atoms with Gasteiger partial charge in [0.15, 0.2) is 11.5 Å². The van der Waals surface area contributed by atoms with Crippen molar-refractivity contribution in [1.82, 2.24) is 4.90 Å². The van der Waals surface area contributed by atoms with Crippen LogP contribution in [0.1, 0.15) is 22.3 Å². The largest absolute Gasteiger partial charge is 0.454 e. The third-order valence-electron chi connectivity index (χ3n) is 4.08. The van der Waals surface area contributed by atoms with Crippen molar-refractivity contribution >= 4 is 0 Å². The Morgan fingerprint density at radius 2 is 1.71 bits per heavy atom. The maximum Gasteiger partial charge on any atom is 0.231 e. The van der Waals surface area contributed by atoms with Crippen LogP contribution in [0.25, 0.3) is 0 Å². The first-order valence-corrected chi connectivity index (χ1v) is 7.14. The van der Waals surface area contributed by atoms with E-state index < -0.39 is 0 Å². The summed E-state index contributed by atoms with van der Waals surface area (Å²) in [5.41, 5.74) is 4.89. The predicted molar refractivity (Wildman–Crippen MR) is 77.9 cm³/mol. The number of nitrogens with zero attached hydrogens (tertiary/aromatic N) is 1. The van der Waals surface area contributed by atoms with Crippen molar-refractivity contribution in [3.8, 4) is 11.5 Å². The van der Waals surface area contributed by atoms with Crippen molar-refractivity contribution in [3.63, 3.8) is 0 Å². The minimum Gasteiger partial charge on any atom is -0.454 e. The van der Waals surface area contributed by atoms with Crippen molar-refractivity contribution in [1.29, 1.82) is 0 Å². The molecule has 0 atom stereocenters. The van der Waals surface area contributed by atoms with Gasteiger partial charge in [0.05, 0.1) is 6.61 Å². The fourth-order valence-corrected chi connectivity index (χ4v) is 3.03. The quantitative estimate of drug-likeness (QED) is 0.939. The number of rotatable bonds is 3. The van der Waals surface area contributed by atoms with Gasteiger partial charge in [0, 0.05) is 19.6 Å². The monoisotopic (exact) mass is 283 g/mol. The van der Waals surface area contributed by atoms with E-state index in [0.29, 0.717) is 6.79 Å². The topological polar surface area (TPSA) is 41.9 Å². The highest BCUT2D eigenvalue weighted by atomic mass is 16.7. The van der Waals surface area contributed by atoms with Crippen molar-refractivity contribution in [2.75, 3.05) is 6.79 Å². The molecule has 2 aliphatic heterocycles. The van der Waals surface area contributed by atoms with Crippen molar-refractivity contribution in [2.24, 2.45) is 0 Å². The first kappa shape index (κ1) is 12.7. The Labute approximate surface area is 123 Å². The maximum absolute atomic E-state index is 9.22. The van der Waals surface area contributed by atoms with Crippen LogP contribution in [-0.4, -0.2) is 16.8 Å². The molecule has 21 heavy (non-hydrogen) atoms. The van der Waals surface area contributed by atoms with Gasteiger partial charge in [-0.3, -0.25) is 4.90 Å². The zero-order chi connectivity index (χ0) is 14.2. The van der Waals surface area contributed by atoms with Crippen LogP contribution in [0.3, 0.4) is 0 Å². The normalized spacial score (nSPS) is 16.2. The molecule has 0 saturated carbocycles. The number of hydrogen-bond acceptors (Lipinski definition) is 4. The summed E-state index contributed by atoms with van der Waals surface area (Å²) in [6.07, 6.45) is 0. The van der Waals surface area contributed by atoms with Crippen LogP contribution in [-0.2, 0) is 26.2 Å². The van der Waals surface area contributed by atoms with Crippen molar-refractivity contribution < 1.29 is 14.6 Å². The van der Waals surface area contributed by atoms with E-state index in [2.05, 4.69) is 29.2 Å². The molecule has 4 rings (SSSR count). The summed E-state index contributed by atoms with van der Waals surface area (Å²) in [6.45, 7) is 3.19. The second-order valence-electron chi connectivity index (χ2n) is 5.59. The van der Waals surface area contributed by atoms with Crippen molar-refractivity contribution in [3.05, 3.63) is 58.7 Å². The molecule has 0 saturated heterocycles. The molecule has 0 aliphatic carbocycles. The average Bonchev–Trinajstić information content (AvgIpc) is 3.11. The number of aliphatic hydroxyl groups excluding tert-OH is 1. The van der Waals surface area contributed by atoms with E-state index in [1.165, 1.54) is 16.7 Å². The van der Waals surface area contributed by atoms with Gasteiger partial charge in [-0.05, 0) is 34.4 Å². The summed E-state index contributed by atoms with van der Waals surface area (Å²) in [6, 6.07) is 12.4. The Bertz CT molecular complexity index is 684. The molecule has 0 spiro atoms. The number of hydrogen-bond donors (Lipinski definition) is 1. The molecule has 0 unspecified atom stereocenters. The van der Waals surface area contributed by atoms with E-state index in [-0.39, 0.29) is 6.61 Å². The Hall–Kier alpha value is -2.04. The highest BCUT2D eigenvalue weighted by Crippen LogP contribution is 2.33. The van der Waals surface area contributed by atoms with Gasteiger partial charge >= 0.3 is 0 Å². The number of ether oxygens (including phenoxy) is 2. The molecular weight excluding hydrogens is 266 g/mol. The molecule has 2 aromatic rings. The van der Waals surface area contributed by atoms with E-state index in [1.54, 1.807) is 0 Å². The molecule has 4 heteroatoms. The van der Waals surface area contributed by atoms with Crippen LogP contribution in [0.2, 0.25) is 0 Å². The molecular formula is C17H17NO3. The highest BCUT2D eigenvalue weighted by molar-refractivity contribution is 5.44. The Morgan fingerprint density at radius 3 is 2.62 bits per heavy atom. The molecule has 0 amide bonds. The molecule has 2 aliphatic rings. The third-order valence-corrected chi connectivity index (χ3v) is 4.08. The fourth-order valence-electron chi connectivity index (χ4n) is 3.03. The Morgan fingerprint density at radius 1 is 0.905 bits per heavy atom. The van der Waals surface area contributed by atoms with E-state index in [4.69, 9.17) is 9.47 Å². The number of benzene rings is 2. The van der Waals surface area contributed by atoms with Gasteiger partial charge in [-0.2, -0.15) is 0 Å². The second-order valence-corrected chi connectivity index (χ2v) is 5.59. The summed E-state index contributed by atoms with van der Waals surface area (Å²) in [4.78, 5) is 2.39. The van der Waals surface area contributed by atoms with Gasteiger partial charge in [-0.15, -0.1) is 0 Å². The molecule has 1 N–H and O–H groups in total. The zero-order valence-corrected chi connectivity index (χ0v) is 11.7. The van der Waals surface area contributed by atoms with Gasteiger partial charge in [-0.1, -0.05) is 24.3 Å². The fraction of sp³-hybridized carbons (Fsp3) is 0.294. The smallest absolute Gasteiger partial charge is 0.231 e. The number of fused-ring (bicyclic) bond motifs is 2. The van der Waals surface area contributed by atoms with E-state index in [9.17, 15) is 5.11 Å². The lowest BCUT2D eigenvalue weighted by molar-refractivity contribution is 0.174. The minimum absolute atomic E-state index is 0.107. The number of aliphatic hydroxyl groups is 1. The SMILES string of the molecule is OCc1ccc2c(c1)CN(Cc1ccc3c(c1)OCO3)C2. The van der Waals surface area contributed by atoms with E-state index >= 15 is 0 Å². The summed E-state index contributed by atoms with van der Waals surface area (Å²) < 4.78 is 10.8. The molecule has 0 fully saturated rings. The van der Waals surface area contributed by atoms with Gasteiger partial charge in [0.2, 0.25) is 6.79 Å². The second kappa shape index (κ2) is 5.06. The lowest BCUT2D eigenvalue weighted by Crippen LogP contribution is -2.15. The Kier molecular flexibility index (Phi) is 3.05. The van der Waals surface area contributed by atoms with Crippen molar-refractivity contribution in [2.45, 2.75) is 26.2 Å². The molecule has 2 heterocycles. The first-order valence-electron chi connectivity index (χ1n) is 7.14. The van der Waals surface area contributed by atoms with Gasteiger partial charge < -0.3 is 14.6 Å². The molecule has 0 radical (unpaired) electrons. The molecule has 0 bridgehead atoms. The third kappa shape index (κ3) is 2.37. The van der Waals surface area contributed by atoms with Crippen LogP contribution in [0.5, 0.6) is 11.5 Å². The first-order chi connectivity index (χ1) is 10.3. The molecule has 2 aromatic carbocycles. The summed E-state index contributed by atoms with van der Waals surface area (Å²) in [5.74, 6) is 1.67. The predicted octanol–water partition coefficient (Wildman–Crippen LogP) is 2.42. The average molecular weight is 283 g/mol. The lowest BCUT2D eigenvalue weighted by atomic mass is 10.1. The summed E-state index contributed by atoms with van der Waals surface area (Å²) >= 11 is 0. The summed E-state index contributed by atoms with van der Waals surface area (Å²) in [7, 11) is 0. The zero-order valence-electron chi connectivity index (χ0n) is 11.7.